The molecule has 0 radical (unpaired) electrons. The van der Waals surface area contributed by atoms with E-state index in [1.165, 1.54) is 0 Å². The predicted molar refractivity (Wildman–Crippen MR) is 47.7 cm³/mol. The normalized spacial score (nSPS) is 15.4. The Kier molecular flexibility index (Phi) is 5.63. The third kappa shape index (κ3) is 2.66. The van der Waals surface area contributed by atoms with Gasteiger partial charge >= 0.3 is 0 Å². The molecule has 4 heteroatoms. The SMILES string of the molecule is CCCC(C#N)(CO)C(CO)CO. The number of rotatable bonds is 6. The first kappa shape index (κ1) is 12.4. The number of hydrogen-bond acceptors (Lipinski definition) is 4. The second kappa shape index (κ2) is 5.92. The number of aliphatic hydroxyl groups is 3. The molecule has 0 aromatic rings. The molecule has 0 aliphatic rings. The highest BCUT2D eigenvalue weighted by Crippen LogP contribution is 2.31. The molecule has 0 saturated carbocycles. The molecule has 0 spiro atoms. The maximum atomic E-state index is 9.10. The molecule has 0 amide bonds. The van der Waals surface area contributed by atoms with Crippen LogP contribution in [0.3, 0.4) is 0 Å². The molecule has 0 rings (SSSR count). The van der Waals surface area contributed by atoms with Crippen molar-refractivity contribution in [1.29, 1.82) is 5.26 Å². The van der Waals surface area contributed by atoms with Crippen LogP contribution in [-0.2, 0) is 0 Å². The molecular formula is C9H17NO3. The summed E-state index contributed by atoms with van der Waals surface area (Å²) in [6.07, 6.45) is 1.23. The average molecular weight is 187 g/mol. The predicted octanol–water partition coefficient (Wildman–Crippen LogP) is -0.110. The van der Waals surface area contributed by atoms with E-state index in [9.17, 15) is 0 Å². The van der Waals surface area contributed by atoms with E-state index in [4.69, 9.17) is 20.6 Å². The van der Waals surface area contributed by atoms with Gasteiger partial charge in [0.25, 0.3) is 0 Å². The number of aliphatic hydroxyl groups excluding tert-OH is 3. The van der Waals surface area contributed by atoms with E-state index >= 15 is 0 Å². The molecule has 1 atom stereocenters. The summed E-state index contributed by atoms with van der Waals surface area (Å²) in [4.78, 5) is 0. The van der Waals surface area contributed by atoms with Crippen LogP contribution in [0, 0.1) is 22.7 Å². The molecule has 76 valence electrons. The highest BCUT2D eigenvalue weighted by Gasteiger charge is 2.37. The van der Waals surface area contributed by atoms with Crippen molar-refractivity contribution in [1.82, 2.24) is 0 Å². The topological polar surface area (TPSA) is 84.5 Å². The maximum Gasteiger partial charge on any atom is 0.0875 e. The van der Waals surface area contributed by atoms with E-state index in [1.54, 1.807) is 0 Å². The van der Waals surface area contributed by atoms with Crippen molar-refractivity contribution in [3.8, 4) is 6.07 Å². The molecule has 0 bridgehead atoms. The fraction of sp³-hybridized carbons (Fsp3) is 0.889. The Morgan fingerprint density at radius 2 is 1.85 bits per heavy atom. The summed E-state index contributed by atoms with van der Waals surface area (Å²) in [6.45, 7) is 1.03. The van der Waals surface area contributed by atoms with Crippen LogP contribution < -0.4 is 0 Å². The van der Waals surface area contributed by atoms with Gasteiger partial charge in [-0.3, -0.25) is 0 Å². The van der Waals surface area contributed by atoms with Crippen LogP contribution in [0.15, 0.2) is 0 Å². The molecule has 0 saturated heterocycles. The van der Waals surface area contributed by atoms with E-state index in [-0.39, 0.29) is 19.8 Å². The maximum absolute atomic E-state index is 9.10. The van der Waals surface area contributed by atoms with Gasteiger partial charge in [0.1, 0.15) is 0 Å². The first-order valence-corrected chi connectivity index (χ1v) is 4.44. The van der Waals surface area contributed by atoms with Crippen LogP contribution in [0.4, 0.5) is 0 Å². The van der Waals surface area contributed by atoms with Crippen LogP contribution in [0.5, 0.6) is 0 Å². The van der Waals surface area contributed by atoms with Crippen LogP contribution >= 0.6 is 0 Å². The fourth-order valence-electron chi connectivity index (χ4n) is 1.45. The number of nitriles is 1. The Labute approximate surface area is 78.4 Å². The van der Waals surface area contributed by atoms with E-state index < -0.39 is 11.3 Å². The van der Waals surface area contributed by atoms with Crippen molar-refractivity contribution in [3.05, 3.63) is 0 Å². The van der Waals surface area contributed by atoms with Gasteiger partial charge in [0, 0.05) is 19.1 Å². The molecular weight excluding hydrogens is 170 g/mol. The Bertz CT molecular complexity index is 174. The van der Waals surface area contributed by atoms with Gasteiger partial charge in [0.15, 0.2) is 0 Å². The van der Waals surface area contributed by atoms with Gasteiger partial charge in [-0.1, -0.05) is 13.3 Å². The van der Waals surface area contributed by atoms with Crippen molar-refractivity contribution in [2.45, 2.75) is 19.8 Å². The molecule has 0 aromatic carbocycles. The first-order valence-electron chi connectivity index (χ1n) is 4.44. The van der Waals surface area contributed by atoms with Crippen molar-refractivity contribution in [2.75, 3.05) is 19.8 Å². The summed E-state index contributed by atoms with van der Waals surface area (Å²) in [5.74, 6) is -0.553. The standard InChI is InChI=1S/C9H17NO3/c1-2-3-9(6-10,7-13)8(4-11)5-12/h8,11-13H,2-5,7H2,1H3. The zero-order valence-electron chi connectivity index (χ0n) is 7.90. The van der Waals surface area contributed by atoms with Gasteiger partial charge in [0.05, 0.1) is 18.1 Å². The quantitative estimate of drug-likeness (QED) is 0.541. The minimum atomic E-state index is -0.988. The second-order valence-corrected chi connectivity index (χ2v) is 3.24. The van der Waals surface area contributed by atoms with Gasteiger partial charge in [-0.15, -0.1) is 0 Å². The zero-order valence-corrected chi connectivity index (χ0v) is 7.90. The Morgan fingerprint density at radius 1 is 1.31 bits per heavy atom. The van der Waals surface area contributed by atoms with Gasteiger partial charge in [0.2, 0.25) is 0 Å². The first-order chi connectivity index (χ1) is 6.20. The minimum Gasteiger partial charge on any atom is -0.396 e. The fourth-order valence-corrected chi connectivity index (χ4v) is 1.45. The zero-order chi connectivity index (χ0) is 10.3. The molecule has 4 nitrogen and oxygen atoms in total. The molecule has 3 N–H and O–H groups in total. The van der Waals surface area contributed by atoms with Crippen molar-refractivity contribution in [3.63, 3.8) is 0 Å². The molecule has 0 aromatic heterocycles. The minimum absolute atomic E-state index is 0.273. The van der Waals surface area contributed by atoms with E-state index in [2.05, 4.69) is 0 Å². The highest BCUT2D eigenvalue weighted by molar-refractivity contribution is 5.02. The van der Waals surface area contributed by atoms with E-state index in [1.807, 2.05) is 13.0 Å². The summed E-state index contributed by atoms with van der Waals surface area (Å²) < 4.78 is 0. The lowest BCUT2D eigenvalue weighted by molar-refractivity contribution is 0.0273. The third-order valence-electron chi connectivity index (χ3n) is 2.42. The lowest BCUT2D eigenvalue weighted by Crippen LogP contribution is -2.37. The summed E-state index contributed by atoms with van der Waals surface area (Å²) in [5.41, 5.74) is -0.988. The van der Waals surface area contributed by atoms with Gasteiger partial charge in [-0.05, 0) is 6.42 Å². The Balaban J connectivity index is 4.63. The second-order valence-electron chi connectivity index (χ2n) is 3.24. The lowest BCUT2D eigenvalue weighted by atomic mass is 9.74. The van der Waals surface area contributed by atoms with E-state index in [0.29, 0.717) is 6.42 Å². The Hall–Kier alpha value is -0.630. The van der Waals surface area contributed by atoms with Crippen LogP contribution in [-0.4, -0.2) is 35.1 Å². The van der Waals surface area contributed by atoms with Crippen molar-refractivity contribution >= 4 is 0 Å². The largest absolute Gasteiger partial charge is 0.396 e. The summed E-state index contributed by atoms with van der Waals surface area (Å²) in [5, 5.41) is 35.9. The van der Waals surface area contributed by atoms with Crippen LogP contribution in [0.1, 0.15) is 19.8 Å². The third-order valence-corrected chi connectivity index (χ3v) is 2.42. The molecule has 13 heavy (non-hydrogen) atoms. The average Bonchev–Trinajstić information content (AvgIpc) is 2.18. The molecule has 0 aliphatic heterocycles. The van der Waals surface area contributed by atoms with Crippen LogP contribution in [0.25, 0.3) is 0 Å². The summed E-state index contributed by atoms with van der Waals surface area (Å²) in [6, 6.07) is 2.00. The van der Waals surface area contributed by atoms with Gasteiger partial charge in [-0.2, -0.15) is 5.26 Å². The Morgan fingerprint density at radius 3 is 2.08 bits per heavy atom. The van der Waals surface area contributed by atoms with Crippen molar-refractivity contribution in [2.24, 2.45) is 11.3 Å². The highest BCUT2D eigenvalue weighted by atomic mass is 16.3. The molecule has 1 unspecified atom stereocenters. The smallest absolute Gasteiger partial charge is 0.0875 e. The van der Waals surface area contributed by atoms with Crippen molar-refractivity contribution < 1.29 is 15.3 Å². The molecule has 0 aliphatic carbocycles. The number of hydrogen-bond donors (Lipinski definition) is 3. The monoisotopic (exact) mass is 187 g/mol. The number of nitrogens with zero attached hydrogens (tertiary/aromatic N) is 1. The molecule has 0 fully saturated rings. The summed E-state index contributed by atoms with van der Waals surface area (Å²) >= 11 is 0. The van der Waals surface area contributed by atoms with Gasteiger partial charge < -0.3 is 15.3 Å². The lowest BCUT2D eigenvalue weighted by Gasteiger charge is -2.30. The molecule has 0 heterocycles. The van der Waals surface area contributed by atoms with E-state index in [0.717, 1.165) is 6.42 Å². The van der Waals surface area contributed by atoms with Gasteiger partial charge in [-0.25, -0.2) is 0 Å². The van der Waals surface area contributed by atoms with Crippen LogP contribution in [0.2, 0.25) is 0 Å². The summed E-state index contributed by atoms with van der Waals surface area (Å²) in [7, 11) is 0.